The molecule has 0 aromatic heterocycles. The third-order valence-electron chi connectivity index (χ3n) is 2.79. The molecule has 6 nitrogen and oxygen atoms in total. The van der Waals surface area contributed by atoms with Gasteiger partial charge in [-0.15, -0.1) is 0 Å². The van der Waals surface area contributed by atoms with Crippen molar-refractivity contribution in [2.75, 3.05) is 19.8 Å². The van der Waals surface area contributed by atoms with Crippen LogP contribution in [0.5, 0.6) is 5.75 Å². The van der Waals surface area contributed by atoms with Gasteiger partial charge in [0.25, 0.3) is 0 Å². The van der Waals surface area contributed by atoms with Crippen LogP contribution in [0.1, 0.15) is 24.8 Å². The van der Waals surface area contributed by atoms with Gasteiger partial charge in [0.05, 0.1) is 6.61 Å². The van der Waals surface area contributed by atoms with Crippen LogP contribution in [0.4, 0.5) is 0 Å². The molecule has 0 spiro atoms. The van der Waals surface area contributed by atoms with Gasteiger partial charge in [-0.25, -0.2) is 4.79 Å². The molecule has 0 aliphatic rings. The van der Waals surface area contributed by atoms with Crippen LogP contribution in [-0.2, 0) is 24.0 Å². The Bertz CT molecular complexity index is 494. The minimum absolute atomic E-state index is 0.0318. The Morgan fingerprint density at radius 3 is 2.43 bits per heavy atom. The van der Waals surface area contributed by atoms with Crippen molar-refractivity contribution in [3.05, 3.63) is 42.5 Å². The number of benzene rings is 1. The highest BCUT2D eigenvalue weighted by atomic mass is 17.2. The number of rotatable bonds is 11. The molecule has 1 aromatic carbocycles. The molecule has 0 unspecified atom stereocenters. The van der Waals surface area contributed by atoms with Gasteiger partial charge in [0, 0.05) is 12.5 Å². The smallest absolute Gasteiger partial charge is 0.330 e. The van der Waals surface area contributed by atoms with Gasteiger partial charge in [-0.2, -0.15) is 4.89 Å². The van der Waals surface area contributed by atoms with Crippen LogP contribution in [-0.4, -0.2) is 31.8 Å². The molecule has 0 saturated heterocycles. The molecule has 0 aliphatic heterocycles. The molecule has 126 valence electrons. The van der Waals surface area contributed by atoms with Gasteiger partial charge >= 0.3 is 11.9 Å². The molecule has 23 heavy (non-hydrogen) atoms. The third kappa shape index (κ3) is 9.31. The topological polar surface area (TPSA) is 71.1 Å². The molecule has 0 N–H and O–H groups in total. The van der Waals surface area contributed by atoms with Crippen molar-refractivity contribution in [2.24, 2.45) is 0 Å². The number of hydrogen-bond acceptors (Lipinski definition) is 6. The molecule has 1 rings (SSSR count). The first kappa shape index (κ1) is 18.7. The maximum Gasteiger partial charge on any atom is 0.330 e. The summed E-state index contributed by atoms with van der Waals surface area (Å²) in [5.74, 6) is -0.227. The van der Waals surface area contributed by atoms with Gasteiger partial charge in [-0.3, -0.25) is 4.79 Å². The molecule has 0 heterocycles. The van der Waals surface area contributed by atoms with Crippen LogP contribution in [0.15, 0.2) is 36.9 Å². The van der Waals surface area contributed by atoms with Crippen LogP contribution in [0.25, 0.3) is 0 Å². The van der Waals surface area contributed by atoms with Gasteiger partial charge in [-0.05, 0) is 31.9 Å². The van der Waals surface area contributed by atoms with Gasteiger partial charge in [0.15, 0.2) is 5.75 Å². The summed E-state index contributed by atoms with van der Waals surface area (Å²) in [6, 6.07) is 7.51. The van der Waals surface area contributed by atoms with Crippen molar-refractivity contribution in [2.45, 2.75) is 26.2 Å². The zero-order chi connectivity index (χ0) is 16.9. The van der Waals surface area contributed by atoms with E-state index in [1.807, 2.05) is 31.2 Å². The Hall–Kier alpha value is -2.34. The summed E-state index contributed by atoms with van der Waals surface area (Å²) in [6.45, 7) is 5.72. The van der Waals surface area contributed by atoms with Gasteiger partial charge in [0.2, 0.25) is 0 Å². The third-order valence-corrected chi connectivity index (χ3v) is 2.79. The molecule has 0 fully saturated rings. The maximum atomic E-state index is 11.4. The monoisotopic (exact) mass is 322 g/mol. The number of carbonyl (C=O) groups excluding carboxylic acids is 2. The number of ether oxygens (including phenoxy) is 2. The zero-order valence-electron chi connectivity index (χ0n) is 13.3. The summed E-state index contributed by atoms with van der Waals surface area (Å²) < 4.78 is 9.58. The van der Waals surface area contributed by atoms with Crippen LogP contribution < -0.4 is 4.89 Å². The molecule has 0 bridgehead atoms. The van der Waals surface area contributed by atoms with E-state index in [4.69, 9.17) is 14.5 Å². The minimum Gasteiger partial charge on any atom is -0.462 e. The summed E-state index contributed by atoms with van der Waals surface area (Å²) >= 11 is 0. The van der Waals surface area contributed by atoms with E-state index in [1.54, 1.807) is 0 Å². The van der Waals surface area contributed by atoms with E-state index in [0.29, 0.717) is 25.2 Å². The average molecular weight is 322 g/mol. The molecule has 0 amide bonds. The lowest BCUT2D eigenvalue weighted by Gasteiger charge is -2.06. The second-order valence-electron chi connectivity index (χ2n) is 4.77. The van der Waals surface area contributed by atoms with Gasteiger partial charge in [0.1, 0.15) is 13.2 Å². The fourth-order valence-corrected chi connectivity index (χ4v) is 1.56. The Labute approximate surface area is 135 Å². The predicted octanol–water partition coefficient (Wildman–Crippen LogP) is 2.75. The molecule has 6 heteroatoms. The lowest BCUT2D eigenvalue weighted by atomic mass is 10.2. The van der Waals surface area contributed by atoms with Crippen LogP contribution in [0, 0.1) is 6.92 Å². The Morgan fingerprint density at radius 2 is 1.74 bits per heavy atom. The lowest BCUT2D eigenvalue weighted by molar-refractivity contribution is -0.207. The van der Waals surface area contributed by atoms with E-state index >= 15 is 0 Å². The van der Waals surface area contributed by atoms with Gasteiger partial charge in [-0.1, -0.05) is 24.3 Å². The van der Waals surface area contributed by atoms with Crippen molar-refractivity contribution in [1.29, 1.82) is 0 Å². The maximum absolute atomic E-state index is 11.4. The zero-order valence-corrected chi connectivity index (χ0v) is 13.3. The predicted molar refractivity (Wildman–Crippen MR) is 83.7 cm³/mol. The van der Waals surface area contributed by atoms with Gasteiger partial charge < -0.3 is 14.4 Å². The van der Waals surface area contributed by atoms with Crippen LogP contribution in [0.2, 0.25) is 0 Å². The van der Waals surface area contributed by atoms with Crippen molar-refractivity contribution >= 4 is 11.9 Å². The number of aryl methyl sites for hydroxylation is 1. The quantitative estimate of drug-likeness (QED) is 0.205. The molecule has 1 aromatic rings. The first-order valence-electron chi connectivity index (χ1n) is 7.43. The molecule has 0 aliphatic carbocycles. The summed E-state index contributed by atoms with van der Waals surface area (Å²) in [5.41, 5.74) is 1.15. The highest BCUT2D eigenvalue weighted by Crippen LogP contribution is 2.11. The second kappa shape index (κ2) is 11.3. The van der Waals surface area contributed by atoms with E-state index < -0.39 is 5.97 Å². The summed E-state index contributed by atoms with van der Waals surface area (Å²) in [6.07, 6.45) is 2.64. The summed E-state index contributed by atoms with van der Waals surface area (Å²) in [4.78, 5) is 32.3. The van der Waals surface area contributed by atoms with Crippen molar-refractivity contribution in [3.63, 3.8) is 0 Å². The van der Waals surface area contributed by atoms with E-state index in [9.17, 15) is 9.59 Å². The van der Waals surface area contributed by atoms with Crippen molar-refractivity contribution in [1.82, 2.24) is 0 Å². The molecule has 0 atom stereocenters. The lowest BCUT2D eigenvalue weighted by Crippen LogP contribution is -2.12. The summed E-state index contributed by atoms with van der Waals surface area (Å²) in [5, 5.41) is 0. The standard InChI is InChI=1S/C17H22O6/c1-3-16(18)20-12-13-21-17(19)6-4-5-11-22-23-15-9-7-14(2)8-10-15/h3,7-10H,1,4-6,11-13H2,2H3. The molecule has 0 saturated carbocycles. The summed E-state index contributed by atoms with van der Waals surface area (Å²) in [7, 11) is 0. The highest BCUT2D eigenvalue weighted by molar-refractivity contribution is 5.81. The first-order chi connectivity index (χ1) is 11.1. The van der Waals surface area contributed by atoms with Crippen LogP contribution >= 0.6 is 0 Å². The van der Waals surface area contributed by atoms with E-state index in [1.165, 1.54) is 0 Å². The number of unbranched alkanes of at least 4 members (excludes halogenated alkanes) is 1. The Balaban J connectivity index is 1.95. The number of hydrogen-bond donors (Lipinski definition) is 0. The number of esters is 2. The molecule has 0 radical (unpaired) electrons. The fraction of sp³-hybridized carbons (Fsp3) is 0.412. The number of carbonyl (C=O) groups is 2. The van der Waals surface area contributed by atoms with Crippen LogP contribution in [0.3, 0.4) is 0 Å². The Morgan fingerprint density at radius 1 is 1.04 bits per heavy atom. The van der Waals surface area contributed by atoms with Crippen molar-refractivity contribution in [3.8, 4) is 5.75 Å². The van der Waals surface area contributed by atoms with E-state index in [-0.39, 0.29) is 25.6 Å². The second-order valence-corrected chi connectivity index (χ2v) is 4.77. The fourth-order valence-electron chi connectivity index (χ4n) is 1.56. The SMILES string of the molecule is C=CC(=O)OCCOC(=O)CCCCOOc1ccc(C)cc1. The minimum atomic E-state index is -0.535. The largest absolute Gasteiger partial charge is 0.462 e. The molecular weight excluding hydrogens is 300 g/mol. The van der Waals surface area contributed by atoms with E-state index in [0.717, 1.165) is 11.6 Å². The van der Waals surface area contributed by atoms with Crippen molar-refractivity contribution < 1.29 is 28.8 Å². The Kier molecular flexibility index (Phi) is 9.16. The first-order valence-corrected chi connectivity index (χ1v) is 7.43. The normalized spacial score (nSPS) is 9.96. The molecular formula is C17H22O6. The average Bonchev–Trinajstić information content (AvgIpc) is 2.56. The highest BCUT2D eigenvalue weighted by Gasteiger charge is 2.04. The van der Waals surface area contributed by atoms with E-state index in [2.05, 4.69) is 11.3 Å².